The number of rotatable bonds is 4. The van der Waals surface area contributed by atoms with Crippen LogP contribution in [0.15, 0.2) is 18.3 Å². The monoisotopic (exact) mass is 195 g/mol. The molecule has 0 fully saturated rings. The van der Waals surface area contributed by atoms with Gasteiger partial charge in [0.15, 0.2) is 0 Å². The molecule has 1 atom stereocenters. The lowest BCUT2D eigenvalue weighted by Gasteiger charge is -2.13. The molecule has 1 heterocycles. The zero-order chi connectivity index (χ0) is 10.6. The number of nitrogens with zero attached hydrogens (tertiary/aromatic N) is 1. The van der Waals surface area contributed by atoms with E-state index in [1.165, 1.54) is 0 Å². The Morgan fingerprint density at radius 2 is 2.14 bits per heavy atom. The first-order valence-corrected chi connectivity index (χ1v) is 4.80. The highest BCUT2D eigenvalue weighted by Gasteiger charge is 2.09. The van der Waals surface area contributed by atoms with Gasteiger partial charge >= 0.3 is 0 Å². The van der Waals surface area contributed by atoms with Crippen LogP contribution >= 0.6 is 0 Å². The molecule has 0 saturated heterocycles. The molecule has 0 aliphatic heterocycles. The van der Waals surface area contributed by atoms with Crippen LogP contribution < -0.4 is 4.74 Å². The van der Waals surface area contributed by atoms with E-state index in [1.54, 1.807) is 13.3 Å². The van der Waals surface area contributed by atoms with E-state index in [2.05, 4.69) is 4.98 Å². The van der Waals surface area contributed by atoms with E-state index in [0.29, 0.717) is 12.3 Å². The Balaban J connectivity index is 2.59. The Kier molecular flexibility index (Phi) is 3.89. The van der Waals surface area contributed by atoms with Gasteiger partial charge in [-0.3, -0.25) is 0 Å². The summed E-state index contributed by atoms with van der Waals surface area (Å²) in [4.78, 5) is 4.08. The molecule has 0 saturated carbocycles. The van der Waals surface area contributed by atoms with Gasteiger partial charge in [0, 0.05) is 18.7 Å². The van der Waals surface area contributed by atoms with Crippen LogP contribution in [-0.2, 0) is 6.42 Å². The minimum atomic E-state index is -0.301. The first kappa shape index (κ1) is 11.0. The van der Waals surface area contributed by atoms with Crippen molar-refractivity contribution in [2.45, 2.75) is 26.4 Å². The van der Waals surface area contributed by atoms with Gasteiger partial charge in [-0.15, -0.1) is 0 Å². The summed E-state index contributed by atoms with van der Waals surface area (Å²) in [6, 6.07) is 3.74. The van der Waals surface area contributed by atoms with Gasteiger partial charge in [-0.2, -0.15) is 0 Å². The van der Waals surface area contributed by atoms with Gasteiger partial charge in [0.05, 0.1) is 13.2 Å². The SMILES string of the molecule is COc1ccc(CC(O)C(C)C)cn1. The summed E-state index contributed by atoms with van der Waals surface area (Å²) in [7, 11) is 1.59. The minimum absolute atomic E-state index is 0.275. The third-order valence-electron chi connectivity index (χ3n) is 2.22. The molecule has 0 bridgehead atoms. The van der Waals surface area contributed by atoms with Gasteiger partial charge in [0.25, 0.3) is 0 Å². The van der Waals surface area contributed by atoms with Crippen LogP contribution in [0.3, 0.4) is 0 Å². The van der Waals surface area contributed by atoms with E-state index < -0.39 is 0 Å². The molecule has 1 rings (SSSR count). The largest absolute Gasteiger partial charge is 0.481 e. The summed E-state index contributed by atoms with van der Waals surface area (Å²) in [5.41, 5.74) is 1.03. The fourth-order valence-electron chi connectivity index (χ4n) is 1.13. The van der Waals surface area contributed by atoms with Crippen molar-refractivity contribution in [1.82, 2.24) is 4.98 Å². The molecule has 3 heteroatoms. The topological polar surface area (TPSA) is 42.4 Å². The Morgan fingerprint density at radius 3 is 2.57 bits per heavy atom. The van der Waals surface area contributed by atoms with Gasteiger partial charge in [-0.1, -0.05) is 19.9 Å². The summed E-state index contributed by atoms with van der Waals surface area (Å²) < 4.78 is 4.95. The summed E-state index contributed by atoms with van der Waals surface area (Å²) in [5.74, 6) is 0.880. The average molecular weight is 195 g/mol. The maximum Gasteiger partial charge on any atom is 0.212 e. The summed E-state index contributed by atoms with van der Waals surface area (Å²) in [6.45, 7) is 4.00. The minimum Gasteiger partial charge on any atom is -0.481 e. The molecule has 1 unspecified atom stereocenters. The molecule has 0 amide bonds. The van der Waals surface area contributed by atoms with Gasteiger partial charge < -0.3 is 9.84 Å². The molecule has 14 heavy (non-hydrogen) atoms. The van der Waals surface area contributed by atoms with Crippen molar-refractivity contribution in [3.8, 4) is 5.88 Å². The maximum absolute atomic E-state index is 9.65. The summed E-state index contributed by atoms with van der Waals surface area (Å²) >= 11 is 0. The van der Waals surface area contributed by atoms with Gasteiger partial charge in [0.2, 0.25) is 5.88 Å². The van der Waals surface area contributed by atoms with Crippen molar-refractivity contribution in [3.05, 3.63) is 23.9 Å². The Hall–Kier alpha value is -1.09. The smallest absolute Gasteiger partial charge is 0.212 e. The molecule has 1 N–H and O–H groups in total. The highest BCUT2D eigenvalue weighted by atomic mass is 16.5. The first-order chi connectivity index (χ1) is 6.63. The van der Waals surface area contributed by atoms with E-state index in [9.17, 15) is 5.11 Å². The van der Waals surface area contributed by atoms with Gasteiger partial charge in [-0.25, -0.2) is 4.98 Å². The molecule has 0 aliphatic rings. The molecule has 3 nitrogen and oxygen atoms in total. The lowest BCUT2D eigenvalue weighted by Crippen LogP contribution is -2.17. The molecule has 1 aromatic heterocycles. The zero-order valence-corrected chi connectivity index (χ0v) is 8.90. The number of pyridine rings is 1. The van der Waals surface area contributed by atoms with Crippen LogP contribution in [0.1, 0.15) is 19.4 Å². The number of aliphatic hydroxyl groups excluding tert-OH is 1. The molecule has 1 aromatic rings. The number of methoxy groups -OCH3 is 1. The number of aliphatic hydroxyl groups is 1. The van der Waals surface area contributed by atoms with Gasteiger partial charge in [0.1, 0.15) is 0 Å². The molecule has 78 valence electrons. The second-order valence-corrected chi connectivity index (χ2v) is 3.72. The Morgan fingerprint density at radius 1 is 1.43 bits per heavy atom. The molecule has 0 spiro atoms. The van der Waals surface area contributed by atoms with Crippen molar-refractivity contribution < 1.29 is 9.84 Å². The second-order valence-electron chi connectivity index (χ2n) is 3.72. The highest BCUT2D eigenvalue weighted by Crippen LogP contribution is 2.11. The first-order valence-electron chi connectivity index (χ1n) is 4.80. The quantitative estimate of drug-likeness (QED) is 0.794. The summed E-state index contributed by atoms with van der Waals surface area (Å²) in [5, 5.41) is 9.65. The maximum atomic E-state index is 9.65. The zero-order valence-electron chi connectivity index (χ0n) is 8.90. The fourth-order valence-corrected chi connectivity index (χ4v) is 1.13. The van der Waals surface area contributed by atoms with Crippen LogP contribution in [0, 0.1) is 5.92 Å². The Bertz CT molecular complexity index is 269. The van der Waals surface area contributed by atoms with E-state index >= 15 is 0 Å². The van der Waals surface area contributed by atoms with Crippen molar-refractivity contribution >= 4 is 0 Å². The van der Waals surface area contributed by atoms with E-state index in [-0.39, 0.29) is 12.0 Å². The Labute approximate surface area is 84.7 Å². The van der Waals surface area contributed by atoms with Crippen molar-refractivity contribution in [2.75, 3.05) is 7.11 Å². The predicted octanol–water partition coefficient (Wildman–Crippen LogP) is 1.65. The van der Waals surface area contributed by atoms with Crippen LogP contribution in [0.4, 0.5) is 0 Å². The van der Waals surface area contributed by atoms with Crippen LogP contribution in [0.5, 0.6) is 5.88 Å². The third-order valence-corrected chi connectivity index (χ3v) is 2.22. The standard InChI is InChI=1S/C11H17NO2/c1-8(2)10(13)6-9-4-5-11(14-3)12-7-9/h4-5,7-8,10,13H,6H2,1-3H3. The van der Waals surface area contributed by atoms with Crippen LogP contribution in [-0.4, -0.2) is 23.3 Å². The lowest BCUT2D eigenvalue weighted by atomic mass is 10.0. The lowest BCUT2D eigenvalue weighted by molar-refractivity contribution is 0.125. The highest BCUT2D eigenvalue weighted by molar-refractivity contribution is 5.18. The molecular weight excluding hydrogens is 178 g/mol. The number of hydrogen-bond acceptors (Lipinski definition) is 3. The predicted molar refractivity (Wildman–Crippen MR) is 55.3 cm³/mol. The van der Waals surface area contributed by atoms with Crippen molar-refractivity contribution in [1.29, 1.82) is 0 Å². The molecule has 0 aromatic carbocycles. The number of ether oxygens (including phenoxy) is 1. The van der Waals surface area contributed by atoms with Gasteiger partial charge in [-0.05, 0) is 11.5 Å². The van der Waals surface area contributed by atoms with Crippen molar-refractivity contribution in [2.24, 2.45) is 5.92 Å². The second kappa shape index (κ2) is 4.96. The van der Waals surface area contributed by atoms with E-state index in [4.69, 9.17) is 4.74 Å². The molecular formula is C11H17NO2. The normalized spacial score (nSPS) is 12.9. The summed E-state index contributed by atoms with van der Waals surface area (Å²) in [6.07, 6.45) is 2.09. The number of aromatic nitrogens is 1. The number of hydrogen-bond donors (Lipinski definition) is 1. The molecule has 0 aliphatic carbocycles. The third kappa shape index (κ3) is 3.00. The van der Waals surface area contributed by atoms with Crippen molar-refractivity contribution in [3.63, 3.8) is 0 Å². The van der Waals surface area contributed by atoms with Crippen LogP contribution in [0.2, 0.25) is 0 Å². The van der Waals surface area contributed by atoms with E-state index in [0.717, 1.165) is 5.56 Å². The average Bonchev–Trinajstić information content (AvgIpc) is 2.19. The molecule has 0 radical (unpaired) electrons. The van der Waals surface area contributed by atoms with E-state index in [1.807, 2.05) is 26.0 Å². The van der Waals surface area contributed by atoms with Crippen LogP contribution in [0.25, 0.3) is 0 Å². The fraction of sp³-hybridized carbons (Fsp3) is 0.545.